The van der Waals surface area contributed by atoms with Crippen molar-refractivity contribution in [3.63, 3.8) is 0 Å². The molecule has 3 aromatic rings. The molecule has 2 fully saturated rings. The lowest BCUT2D eigenvalue weighted by Crippen LogP contribution is -2.45. The first-order chi connectivity index (χ1) is 23.5. The highest BCUT2D eigenvalue weighted by molar-refractivity contribution is 6.41. The van der Waals surface area contributed by atoms with Gasteiger partial charge in [-0.05, 0) is 45.0 Å². The molecule has 0 spiro atoms. The number of rotatable bonds is 12. The lowest BCUT2D eigenvalue weighted by atomic mass is 9.96. The lowest BCUT2D eigenvalue weighted by molar-refractivity contribution is -0.127. The van der Waals surface area contributed by atoms with E-state index < -0.39 is 0 Å². The number of hydrogen-bond donors (Lipinski definition) is 2. The molecule has 2 unspecified atom stereocenters. The van der Waals surface area contributed by atoms with Crippen molar-refractivity contribution in [2.45, 2.75) is 31.5 Å². The van der Waals surface area contributed by atoms with Crippen molar-refractivity contribution in [2.75, 3.05) is 66.5 Å². The zero-order valence-corrected chi connectivity index (χ0v) is 29.5. The van der Waals surface area contributed by atoms with E-state index in [4.69, 9.17) is 42.4 Å². The number of anilines is 1. The van der Waals surface area contributed by atoms with Gasteiger partial charge in [0.15, 0.2) is 0 Å². The number of ether oxygens (including phenoxy) is 3. The third-order valence-electron chi connectivity index (χ3n) is 8.68. The molecule has 4 heterocycles. The second-order valence-corrected chi connectivity index (χ2v) is 13.0. The number of halogens is 2. The van der Waals surface area contributed by atoms with Crippen LogP contribution in [-0.4, -0.2) is 109 Å². The summed E-state index contributed by atoms with van der Waals surface area (Å²) in [6.45, 7) is 6.30. The topological polar surface area (TPSA) is 140 Å². The highest BCUT2D eigenvalue weighted by atomic mass is 35.5. The van der Waals surface area contributed by atoms with Crippen molar-refractivity contribution in [1.29, 1.82) is 0 Å². The van der Waals surface area contributed by atoms with Gasteiger partial charge in [-0.3, -0.25) is 19.0 Å². The van der Waals surface area contributed by atoms with Gasteiger partial charge >= 0.3 is 0 Å². The van der Waals surface area contributed by atoms with Crippen molar-refractivity contribution in [3.8, 4) is 22.6 Å². The summed E-state index contributed by atoms with van der Waals surface area (Å²) in [4.78, 5) is 52.4. The molecule has 49 heavy (non-hydrogen) atoms. The highest BCUT2D eigenvalue weighted by Gasteiger charge is 2.31. The van der Waals surface area contributed by atoms with Crippen LogP contribution >= 0.6 is 23.2 Å². The Kier molecular flexibility index (Phi) is 11.8. The molecule has 1 aromatic carbocycles. The van der Waals surface area contributed by atoms with E-state index in [0.29, 0.717) is 74.8 Å². The number of carbonyl (C=O) groups is 2. The number of aromatic nitrogens is 3. The zero-order chi connectivity index (χ0) is 35.2. The number of likely N-dealkylation sites (tertiary alicyclic amines) is 1. The van der Waals surface area contributed by atoms with Crippen LogP contribution in [0.2, 0.25) is 10.0 Å². The van der Waals surface area contributed by atoms with Crippen LogP contribution in [0, 0.1) is 5.92 Å². The molecule has 2 amide bonds. The van der Waals surface area contributed by atoms with Crippen LogP contribution in [0.5, 0.6) is 11.5 Å². The molecule has 15 heteroatoms. The number of hydrogen-bond acceptors (Lipinski definition) is 10. The van der Waals surface area contributed by atoms with Gasteiger partial charge in [0.25, 0.3) is 5.56 Å². The van der Waals surface area contributed by atoms with Crippen LogP contribution in [0.3, 0.4) is 0 Å². The fourth-order valence-corrected chi connectivity index (χ4v) is 6.71. The lowest BCUT2D eigenvalue weighted by Gasteiger charge is -2.32. The summed E-state index contributed by atoms with van der Waals surface area (Å²) in [7, 11) is 6.83. The van der Waals surface area contributed by atoms with Crippen LogP contribution in [0.4, 0.5) is 5.95 Å². The van der Waals surface area contributed by atoms with Crippen molar-refractivity contribution in [1.82, 2.24) is 29.7 Å². The molecule has 2 aliphatic heterocycles. The quantitative estimate of drug-likeness (QED) is 0.268. The molecular formula is C34H41Cl2N7O6. The monoisotopic (exact) mass is 713 g/mol. The van der Waals surface area contributed by atoms with Crippen molar-refractivity contribution >= 4 is 52.0 Å². The molecule has 2 atom stereocenters. The molecular weight excluding hydrogens is 673 g/mol. The van der Waals surface area contributed by atoms with Crippen LogP contribution in [0.15, 0.2) is 47.9 Å². The smallest absolute Gasteiger partial charge is 0.260 e. The summed E-state index contributed by atoms with van der Waals surface area (Å²) in [6.07, 6.45) is 7.69. The number of methoxy groups -OCH3 is 2. The fraction of sp³-hybridized carbons (Fsp3) is 0.441. The Morgan fingerprint density at radius 1 is 1.10 bits per heavy atom. The van der Waals surface area contributed by atoms with E-state index in [-0.39, 0.29) is 62.5 Å². The van der Waals surface area contributed by atoms with Gasteiger partial charge in [-0.25, -0.2) is 4.98 Å². The molecule has 5 rings (SSSR count). The number of pyridine rings is 1. The first-order valence-electron chi connectivity index (χ1n) is 15.9. The number of nitrogens with zero attached hydrogens (tertiary/aromatic N) is 5. The number of piperidine rings is 1. The molecule has 0 saturated carbocycles. The molecule has 262 valence electrons. The number of amides is 2. The number of fused-ring (bicyclic) bond motifs is 1. The van der Waals surface area contributed by atoms with Crippen LogP contribution < -0.4 is 25.7 Å². The predicted molar refractivity (Wildman–Crippen MR) is 190 cm³/mol. The Morgan fingerprint density at radius 3 is 2.41 bits per heavy atom. The van der Waals surface area contributed by atoms with Crippen LogP contribution in [0.1, 0.15) is 12.8 Å². The first-order valence-corrected chi connectivity index (χ1v) is 16.7. The maximum Gasteiger partial charge on any atom is 0.260 e. The summed E-state index contributed by atoms with van der Waals surface area (Å²) in [5.41, 5.74) is 0.557. The van der Waals surface area contributed by atoms with Gasteiger partial charge in [0, 0.05) is 55.5 Å². The second kappa shape index (κ2) is 16.0. The average Bonchev–Trinajstić information content (AvgIpc) is 3.52. The van der Waals surface area contributed by atoms with E-state index in [0.717, 1.165) is 0 Å². The van der Waals surface area contributed by atoms with Crippen LogP contribution in [-0.2, 0) is 20.9 Å². The van der Waals surface area contributed by atoms with E-state index in [1.807, 2.05) is 30.0 Å². The first kappa shape index (κ1) is 36.1. The maximum absolute atomic E-state index is 14.5. The summed E-state index contributed by atoms with van der Waals surface area (Å²) in [5.74, 6) is 0.604. The number of likely N-dealkylation sites (N-methyl/N-ethyl adjacent to an activating group) is 1. The Bertz CT molecular complexity index is 1780. The van der Waals surface area contributed by atoms with E-state index in [2.05, 4.69) is 22.2 Å². The third-order valence-corrected chi connectivity index (χ3v) is 9.43. The molecule has 2 aliphatic rings. The van der Waals surface area contributed by atoms with Crippen molar-refractivity contribution < 1.29 is 23.8 Å². The van der Waals surface area contributed by atoms with Gasteiger partial charge in [0.05, 0.1) is 55.1 Å². The molecule has 2 N–H and O–H groups in total. The predicted octanol–water partition coefficient (Wildman–Crippen LogP) is 3.62. The summed E-state index contributed by atoms with van der Waals surface area (Å²) in [6, 6.07) is 2.59. The summed E-state index contributed by atoms with van der Waals surface area (Å²) >= 11 is 13.6. The van der Waals surface area contributed by atoms with E-state index >= 15 is 0 Å². The standard InChI is InChI=1S/C34H41Cl2N7O6/c1-6-27(44)38-23-18-49-19-24(23)39-34-37-16-21-14-22(29-30(35)25(47-4)15-26(48-5)31(29)36)33(46)43(32(21)40-34)17-20-9-12-42(13-10-20)28(45)8-7-11-41(2)3/h6-8,14-16,20,23-24H,1,9-13,17-19H2,2-5H3,(H,38,44)(H,37,39,40)/b8-7+. The maximum atomic E-state index is 14.5. The largest absolute Gasteiger partial charge is 0.495 e. The Morgan fingerprint density at radius 2 is 1.78 bits per heavy atom. The minimum absolute atomic E-state index is 0.0249. The summed E-state index contributed by atoms with van der Waals surface area (Å²) in [5, 5.41) is 7.02. The average molecular weight is 715 g/mol. The van der Waals surface area contributed by atoms with Gasteiger partial charge in [-0.15, -0.1) is 0 Å². The Balaban J connectivity index is 1.52. The van der Waals surface area contributed by atoms with Crippen molar-refractivity contribution in [2.24, 2.45) is 5.92 Å². The Labute approximate surface area is 294 Å². The number of carbonyl (C=O) groups excluding carboxylic acids is 2. The van der Waals surface area contributed by atoms with E-state index in [1.54, 1.807) is 29.0 Å². The van der Waals surface area contributed by atoms with Gasteiger partial charge in [0.2, 0.25) is 17.8 Å². The van der Waals surface area contributed by atoms with Gasteiger partial charge in [0.1, 0.15) is 17.1 Å². The van der Waals surface area contributed by atoms with Crippen molar-refractivity contribution in [3.05, 3.63) is 63.5 Å². The molecule has 2 aromatic heterocycles. The Hall–Kier alpha value is -4.17. The third kappa shape index (κ3) is 8.18. The summed E-state index contributed by atoms with van der Waals surface area (Å²) < 4.78 is 18.2. The SMILES string of the molecule is C=CC(=O)NC1COCC1Nc1ncc2cc(-c3c(Cl)c(OC)cc(OC)c3Cl)c(=O)n(CC3CCN(C(=O)/C=C/CN(C)C)CC3)c2n1. The van der Waals surface area contributed by atoms with E-state index in [1.165, 1.54) is 20.3 Å². The minimum atomic E-state index is -0.360. The van der Waals surface area contributed by atoms with Gasteiger partial charge in [-0.2, -0.15) is 4.98 Å². The molecule has 0 bridgehead atoms. The van der Waals surface area contributed by atoms with Crippen LogP contribution in [0.25, 0.3) is 22.2 Å². The normalized spacial score (nSPS) is 18.3. The molecule has 0 radical (unpaired) electrons. The molecule has 0 aliphatic carbocycles. The number of nitrogens with one attached hydrogen (secondary N) is 2. The number of benzene rings is 1. The minimum Gasteiger partial charge on any atom is -0.495 e. The molecule has 2 saturated heterocycles. The zero-order valence-electron chi connectivity index (χ0n) is 28.0. The van der Waals surface area contributed by atoms with E-state index in [9.17, 15) is 14.4 Å². The second-order valence-electron chi connectivity index (χ2n) is 12.3. The highest BCUT2D eigenvalue weighted by Crippen LogP contribution is 2.45. The fourth-order valence-electron chi connectivity index (χ4n) is 6.01. The van der Waals surface area contributed by atoms with Gasteiger partial charge < -0.3 is 34.6 Å². The van der Waals surface area contributed by atoms with Gasteiger partial charge in [-0.1, -0.05) is 35.9 Å². The molecule has 13 nitrogen and oxygen atoms in total.